The van der Waals surface area contributed by atoms with E-state index in [9.17, 15) is 0 Å². The van der Waals surface area contributed by atoms with Gasteiger partial charge in [0, 0.05) is 0 Å². The van der Waals surface area contributed by atoms with E-state index in [-0.39, 0.29) is 26.4 Å². The summed E-state index contributed by atoms with van der Waals surface area (Å²) in [5.74, 6) is 0. The molecule has 0 heterocycles. The lowest BCUT2D eigenvalue weighted by atomic mass is 9.93. The lowest BCUT2D eigenvalue weighted by molar-refractivity contribution is -0.0223. The first-order chi connectivity index (χ1) is 5.60. The van der Waals surface area contributed by atoms with Crippen LogP contribution in [-0.2, 0) is 4.52 Å². The van der Waals surface area contributed by atoms with E-state index in [1.54, 1.807) is 0 Å². The Morgan fingerprint density at radius 2 is 1.50 bits per heavy atom. The highest BCUT2D eigenvalue weighted by Gasteiger charge is 2.29. The second-order valence-electron chi connectivity index (χ2n) is 2.45. The summed E-state index contributed by atoms with van der Waals surface area (Å²) in [6.07, 6.45) is 0. The van der Waals surface area contributed by atoms with Gasteiger partial charge in [0.1, 0.15) is 0 Å². The topological polar surface area (TPSA) is 69.9 Å². The van der Waals surface area contributed by atoms with Gasteiger partial charge in [-0.15, -0.1) is 0 Å². The molecular weight excluding hydrogens is 226 g/mol. The summed E-state index contributed by atoms with van der Waals surface area (Å²) in [6.45, 7) is -2.77. The zero-order valence-corrected chi connectivity index (χ0v) is 8.69. The predicted molar refractivity (Wildman–Crippen MR) is 48.3 cm³/mol. The average Bonchev–Trinajstić information content (AvgIpc) is 2.08. The first-order valence-corrected chi connectivity index (χ1v) is 6.24. The van der Waals surface area contributed by atoms with Gasteiger partial charge < -0.3 is 19.8 Å². The van der Waals surface area contributed by atoms with Crippen molar-refractivity contribution in [2.24, 2.45) is 5.41 Å². The van der Waals surface area contributed by atoms with Gasteiger partial charge >= 0.3 is 0 Å². The lowest BCUT2D eigenvalue weighted by Gasteiger charge is -2.26. The van der Waals surface area contributed by atoms with Gasteiger partial charge in [-0.25, -0.2) is 0 Å². The van der Waals surface area contributed by atoms with Crippen molar-refractivity contribution in [2.75, 3.05) is 26.4 Å². The van der Waals surface area contributed by atoms with E-state index in [0.29, 0.717) is 0 Å². The van der Waals surface area contributed by atoms with E-state index in [2.05, 4.69) is 0 Å². The number of aliphatic hydroxyl groups is 3. The number of halogens is 2. The van der Waals surface area contributed by atoms with Crippen LogP contribution < -0.4 is 0 Å². The van der Waals surface area contributed by atoms with Crippen LogP contribution in [0, 0.1) is 5.41 Å². The summed E-state index contributed by atoms with van der Waals surface area (Å²) in [5.41, 5.74) is -1.05. The van der Waals surface area contributed by atoms with E-state index in [4.69, 9.17) is 42.3 Å². The Kier molecular flexibility index (Phi) is 6.77. The maximum atomic E-state index is 8.81. The molecule has 0 bridgehead atoms. The van der Waals surface area contributed by atoms with E-state index >= 15 is 0 Å². The Morgan fingerprint density at radius 1 is 1.08 bits per heavy atom. The third-order valence-corrected chi connectivity index (χ3v) is 2.38. The molecule has 0 saturated carbocycles. The maximum absolute atomic E-state index is 8.81. The average molecular weight is 237 g/mol. The van der Waals surface area contributed by atoms with Gasteiger partial charge in [0.05, 0.1) is 31.8 Å². The van der Waals surface area contributed by atoms with Crippen LogP contribution in [0.2, 0.25) is 0 Å². The number of hydrogen-bond donors (Lipinski definition) is 3. The molecule has 0 amide bonds. The van der Waals surface area contributed by atoms with Crippen LogP contribution in [0.1, 0.15) is 0 Å². The molecule has 0 saturated heterocycles. The molecule has 0 radical (unpaired) electrons. The quantitative estimate of drug-likeness (QED) is 0.594. The van der Waals surface area contributed by atoms with Crippen molar-refractivity contribution in [2.45, 2.75) is 0 Å². The highest BCUT2D eigenvalue weighted by molar-refractivity contribution is 8.00. The van der Waals surface area contributed by atoms with Crippen molar-refractivity contribution in [1.82, 2.24) is 0 Å². The van der Waals surface area contributed by atoms with Crippen LogP contribution in [0.5, 0.6) is 0 Å². The van der Waals surface area contributed by atoms with Gasteiger partial charge in [-0.1, -0.05) is 0 Å². The molecule has 0 aromatic rings. The second-order valence-corrected chi connectivity index (χ2v) is 5.47. The zero-order valence-electron chi connectivity index (χ0n) is 6.28. The highest BCUT2D eigenvalue weighted by atomic mass is 35.9. The fourth-order valence-electron chi connectivity index (χ4n) is 0.473. The number of hydrogen-bond acceptors (Lipinski definition) is 4. The molecule has 0 rings (SSSR count). The first-order valence-electron chi connectivity index (χ1n) is 3.17. The van der Waals surface area contributed by atoms with E-state index in [0.717, 1.165) is 0 Å². The largest absolute Gasteiger partial charge is 0.396 e. The van der Waals surface area contributed by atoms with E-state index in [1.807, 2.05) is 0 Å². The number of rotatable bonds is 6. The maximum Gasteiger partial charge on any atom is 0.225 e. The Morgan fingerprint density at radius 3 is 1.75 bits per heavy atom. The molecule has 0 atom stereocenters. The highest BCUT2D eigenvalue weighted by Crippen LogP contribution is 2.48. The minimum absolute atomic E-state index is 0.0603. The normalized spacial score (nSPS) is 12.5. The lowest BCUT2D eigenvalue weighted by Crippen LogP contribution is -2.38. The third-order valence-electron chi connectivity index (χ3n) is 1.47. The number of aliphatic hydroxyl groups excluding tert-OH is 3. The molecular formula is C5H11Cl2O4P. The summed E-state index contributed by atoms with van der Waals surface area (Å²) in [6, 6.07) is 0. The molecule has 74 valence electrons. The summed E-state index contributed by atoms with van der Waals surface area (Å²) >= 11 is 10.6. The van der Waals surface area contributed by atoms with Crippen molar-refractivity contribution < 1.29 is 19.8 Å². The smallest absolute Gasteiger partial charge is 0.225 e. The van der Waals surface area contributed by atoms with Gasteiger partial charge in [0.2, 0.25) is 6.85 Å². The van der Waals surface area contributed by atoms with Crippen molar-refractivity contribution in [3.63, 3.8) is 0 Å². The molecule has 0 aliphatic heterocycles. The monoisotopic (exact) mass is 236 g/mol. The van der Waals surface area contributed by atoms with Crippen molar-refractivity contribution in [3.8, 4) is 0 Å². The van der Waals surface area contributed by atoms with Crippen molar-refractivity contribution >= 4 is 29.3 Å². The summed E-state index contributed by atoms with van der Waals surface area (Å²) < 4.78 is 4.80. The molecule has 0 aliphatic carbocycles. The molecule has 0 unspecified atom stereocenters. The molecule has 0 spiro atoms. The van der Waals surface area contributed by atoms with Gasteiger partial charge in [0.15, 0.2) is 0 Å². The minimum atomic E-state index is -1.57. The van der Waals surface area contributed by atoms with Crippen LogP contribution in [-0.4, -0.2) is 41.7 Å². The Labute approximate surface area is 81.5 Å². The van der Waals surface area contributed by atoms with Crippen LogP contribution in [0.4, 0.5) is 0 Å². The van der Waals surface area contributed by atoms with Gasteiger partial charge in [-0.2, -0.15) is 0 Å². The van der Waals surface area contributed by atoms with Crippen molar-refractivity contribution in [1.29, 1.82) is 0 Å². The van der Waals surface area contributed by atoms with Gasteiger partial charge in [-0.05, 0) is 22.5 Å². The SMILES string of the molecule is OCC(CO)(CO)COP(Cl)Cl. The summed E-state index contributed by atoms with van der Waals surface area (Å²) in [7, 11) is 0. The van der Waals surface area contributed by atoms with Crippen LogP contribution >= 0.6 is 29.3 Å². The molecule has 3 N–H and O–H groups in total. The first kappa shape index (κ1) is 12.8. The predicted octanol–water partition coefficient (Wildman–Crippen LogP) is 0.671. The molecule has 0 fully saturated rings. The molecule has 7 heteroatoms. The Balaban J connectivity index is 3.93. The molecule has 12 heavy (non-hydrogen) atoms. The molecule has 0 aliphatic rings. The van der Waals surface area contributed by atoms with Crippen LogP contribution in [0.15, 0.2) is 0 Å². The van der Waals surface area contributed by atoms with E-state index < -0.39 is 12.3 Å². The van der Waals surface area contributed by atoms with Crippen LogP contribution in [0.3, 0.4) is 0 Å². The van der Waals surface area contributed by atoms with Gasteiger partial charge in [0.25, 0.3) is 0 Å². The van der Waals surface area contributed by atoms with Gasteiger partial charge in [-0.3, -0.25) is 0 Å². The molecule has 0 aromatic carbocycles. The third kappa shape index (κ3) is 4.19. The summed E-state index contributed by atoms with van der Waals surface area (Å²) in [5, 5.41) is 26.4. The molecule has 0 aromatic heterocycles. The fourth-order valence-corrected chi connectivity index (χ4v) is 1.14. The minimum Gasteiger partial charge on any atom is -0.396 e. The Hall–Kier alpha value is 0.850. The fraction of sp³-hybridized carbons (Fsp3) is 1.00. The van der Waals surface area contributed by atoms with E-state index in [1.165, 1.54) is 0 Å². The second kappa shape index (κ2) is 6.33. The summed E-state index contributed by atoms with van der Waals surface area (Å²) in [4.78, 5) is 0. The van der Waals surface area contributed by atoms with Crippen molar-refractivity contribution in [3.05, 3.63) is 0 Å². The molecule has 4 nitrogen and oxygen atoms in total. The Bertz CT molecular complexity index is 112. The standard InChI is InChI=1S/C5H11Cl2O4P/c6-12(7)11-4-5(1-8,2-9)3-10/h8-10H,1-4H2. The van der Waals surface area contributed by atoms with Crippen LogP contribution in [0.25, 0.3) is 0 Å². The zero-order chi connectivity index (χ0) is 9.61.